The Labute approximate surface area is 205 Å². The van der Waals surface area contributed by atoms with Crippen molar-refractivity contribution in [2.24, 2.45) is 0 Å². The summed E-state index contributed by atoms with van der Waals surface area (Å²) in [6.07, 6.45) is 5.86. The SMILES string of the molecule is O=C1OC[C@@H]2C[C@@H](Nc3cc4c(=O)n(Cc5ccc(Cl)cc5)cnc4cc3-c3cnco3)CCN12. The van der Waals surface area contributed by atoms with Crippen LogP contribution in [-0.4, -0.2) is 50.8 Å². The van der Waals surface area contributed by atoms with Crippen LogP contribution in [0.3, 0.4) is 0 Å². The van der Waals surface area contributed by atoms with Crippen LogP contribution < -0.4 is 10.9 Å². The molecule has 0 saturated carbocycles. The van der Waals surface area contributed by atoms with Crippen LogP contribution in [0.2, 0.25) is 5.02 Å². The van der Waals surface area contributed by atoms with Gasteiger partial charge in [0.05, 0.1) is 36.0 Å². The number of aromatic nitrogens is 3. The normalized spacial score (nSPS) is 19.6. The fourth-order valence-electron chi connectivity index (χ4n) is 4.83. The molecule has 1 N–H and O–H groups in total. The monoisotopic (exact) mass is 491 g/mol. The number of nitrogens with one attached hydrogen (secondary N) is 1. The van der Waals surface area contributed by atoms with Crippen molar-refractivity contribution < 1.29 is 13.9 Å². The predicted octanol–water partition coefficient (Wildman–Crippen LogP) is 4.15. The first-order valence-corrected chi connectivity index (χ1v) is 11.8. The maximum Gasteiger partial charge on any atom is 0.410 e. The predicted molar refractivity (Wildman–Crippen MR) is 131 cm³/mol. The van der Waals surface area contributed by atoms with Gasteiger partial charge in [-0.1, -0.05) is 23.7 Å². The van der Waals surface area contributed by atoms with Crippen molar-refractivity contribution in [1.29, 1.82) is 0 Å². The molecule has 2 aromatic carbocycles. The second-order valence-electron chi connectivity index (χ2n) is 8.87. The summed E-state index contributed by atoms with van der Waals surface area (Å²) in [6, 6.07) is 11.2. The number of benzene rings is 2. The van der Waals surface area contributed by atoms with Gasteiger partial charge in [-0.3, -0.25) is 9.36 Å². The van der Waals surface area contributed by atoms with Crippen LogP contribution in [0.1, 0.15) is 18.4 Å². The molecule has 4 aromatic rings. The van der Waals surface area contributed by atoms with Crippen molar-refractivity contribution >= 4 is 34.3 Å². The van der Waals surface area contributed by atoms with E-state index in [1.54, 1.807) is 34.1 Å². The number of oxazole rings is 1. The molecule has 6 rings (SSSR count). The molecule has 2 atom stereocenters. The molecular formula is C25H22ClN5O4. The van der Waals surface area contributed by atoms with E-state index in [4.69, 9.17) is 20.8 Å². The van der Waals surface area contributed by atoms with Crippen LogP contribution in [0.5, 0.6) is 0 Å². The lowest BCUT2D eigenvalue weighted by molar-refractivity contribution is 0.153. The van der Waals surface area contributed by atoms with E-state index >= 15 is 0 Å². The Morgan fingerprint density at radius 3 is 2.83 bits per heavy atom. The van der Waals surface area contributed by atoms with Crippen molar-refractivity contribution in [3.63, 3.8) is 0 Å². The number of piperidine rings is 1. The Morgan fingerprint density at radius 1 is 1.17 bits per heavy atom. The Kier molecular flexibility index (Phi) is 5.41. The quantitative estimate of drug-likeness (QED) is 0.447. The van der Waals surface area contributed by atoms with E-state index in [1.165, 1.54) is 6.39 Å². The minimum atomic E-state index is -0.242. The van der Waals surface area contributed by atoms with Crippen molar-refractivity contribution in [3.8, 4) is 11.3 Å². The molecule has 2 fully saturated rings. The molecule has 4 heterocycles. The zero-order valence-corrected chi connectivity index (χ0v) is 19.4. The number of carbonyl (C=O) groups is 1. The molecular weight excluding hydrogens is 470 g/mol. The number of halogens is 1. The number of cyclic esters (lactones) is 1. The Morgan fingerprint density at radius 2 is 2.03 bits per heavy atom. The van der Waals surface area contributed by atoms with Gasteiger partial charge in [0, 0.05) is 28.9 Å². The third-order valence-electron chi connectivity index (χ3n) is 6.64. The number of hydrogen-bond donors (Lipinski definition) is 1. The van der Waals surface area contributed by atoms with Crippen molar-refractivity contribution in [1.82, 2.24) is 19.4 Å². The van der Waals surface area contributed by atoms with Gasteiger partial charge in [0.2, 0.25) is 0 Å². The van der Waals surface area contributed by atoms with E-state index < -0.39 is 0 Å². The van der Waals surface area contributed by atoms with Crippen LogP contribution in [0.4, 0.5) is 10.5 Å². The van der Waals surface area contributed by atoms with Crippen molar-refractivity contribution in [2.45, 2.75) is 31.5 Å². The van der Waals surface area contributed by atoms with Crippen LogP contribution in [0, 0.1) is 0 Å². The van der Waals surface area contributed by atoms with E-state index in [0.29, 0.717) is 41.4 Å². The van der Waals surface area contributed by atoms with Crippen LogP contribution in [0.25, 0.3) is 22.2 Å². The molecule has 9 nitrogen and oxygen atoms in total. The molecule has 10 heteroatoms. The first-order valence-electron chi connectivity index (χ1n) is 11.4. The van der Waals surface area contributed by atoms with Gasteiger partial charge in [-0.2, -0.15) is 0 Å². The topological polar surface area (TPSA) is 102 Å². The highest BCUT2D eigenvalue weighted by atomic mass is 35.5. The molecule has 0 radical (unpaired) electrons. The average Bonchev–Trinajstić information content (AvgIpc) is 3.53. The third kappa shape index (κ3) is 4.12. The van der Waals surface area contributed by atoms with Gasteiger partial charge in [-0.05, 0) is 42.7 Å². The fourth-order valence-corrected chi connectivity index (χ4v) is 4.95. The largest absolute Gasteiger partial charge is 0.447 e. The van der Waals surface area contributed by atoms with E-state index in [-0.39, 0.29) is 23.7 Å². The van der Waals surface area contributed by atoms with Gasteiger partial charge in [0.1, 0.15) is 6.61 Å². The lowest BCUT2D eigenvalue weighted by atomic mass is 9.97. The van der Waals surface area contributed by atoms with Gasteiger partial charge in [-0.25, -0.2) is 14.8 Å². The van der Waals surface area contributed by atoms with E-state index in [1.807, 2.05) is 24.3 Å². The Balaban J connectivity index is 1.36. The van der Waals surface area contributed by atoms with Gasteiger partial charge >= 0.3 is 6.09 Å². The standard InChI is InChI=1S/C25H22ClN5O4/c26-16-3-1-15(2-4-16)11-30-13-28-21-8-19(23-10-27-14-35-23)22(9-20(21)24(30)32)29-17-5-6-31-18(7-17)12-34-25(31)33/h1-4,8-10,13-14,17-18,29H,5-7,11-12H2/t17-,18-/m0/s1. The number of nitrogens with zero attached hydrogens (tertiary/aromatic N) is 4. The third-order valence-corrected chi connectivity index (χ3v) is 6.89. The van der Waals surface area contributed by atoms with Gasteiger partial charge in [-0.15, -0.1) is 0 Å². The van der Waals surface area contributed by atoms with E-state index in [0.717, 1.165) is 29.7 Å². The number of amides is 1. The maximum atomic E-state index is 13.4. The average molecular weight is 492 g/mol. The molecule has 2 saturated heterocycles. The molecule has 2 aliphatic rings. The van der Waals surface area contributed by atoms with E-state index in [9.17, 15) is 9.59 Å². The molecule has 2 aliphatic heterocycles. The molecule has 35 heavy (non-hydrogen) atoms. The highest BCUT2D eigenvalue weighted by Crippen LogP contribution is 2.33. The minimum Gasteiger partial charge on any atom is -0.447 e. The van der Waals surface area contributed by atoms with Crippen LogP contribution >= 0.6 is 11.6 Å². The fraction of sp³-hybridized carbons (Fsp3) is 0.280. The van der Waals surface area contributed by atoms with Crippen molar-refractivity contribution in [2.75, 3.05) is 18.5 Å². The summed E-state index contributed by atoms with van der Waals surface area (Å²) in [5.41, 5.74) is 2.93. The highest BCUT2D eigenvalue weighted by Gasteiger charge is 2.38. The zero-order valence-electron chi connectivity index (χ0n) is 18.7. The number of rotatable bonds is 5. The molecule has 0 bridgehead atoms. The molecule has 1 amide bonds. The number of fused-ring (bicyclic) bond motifs is 2. The summed E-state index contributed by atoms with van der Waals surface area (Å²) in [4.78, 5) is 35.7. The zero-order chi connectivity index (χ0) is 23.9. The summed E-state index contributed by atoms with van der Waals surface area (Å²) < 4.78 is 12.4. The first-order chi connectivity index (χ1) is 17.0. The highest BCUT2D eigenvalue weighted by molar-refractivity contribution is 6.30. The van der Waals surface area contributed by atoms with Gasteiger partial charge in [0.25, 0.3) is 5.56 Å². The lowest BCUT2D eigenvalue weighted by Gasteiger charge is -2.33. The van der Waals surface area contributed by atoms with E-state index in [2.05, 4.69) is 15.3 Å². The second kappa shape index (κ2) is 8.74. The smallest absolute Gasteiger partial charge is 0.410 e. The van der Waals surface area contributed by atoms with Crippen LogP contribution in [-0.2, 0) is 11.3 Å². The van der Waals surface area contributed by atoms with Crippen molar-refractivity contribution in [3.05, 3.63) is 76.3 Å². The maximum absolute atomic E-state index is 13.4. The summed E-state index contributed by atoms with van der Waals surface area (Å²) in [5, 5.41) is 4.74. The summed E-state index contributed by atoms with van der Waals surface area (Å²) in [5.74, 6) is 0.582. The number of ether oxygens (including phenoxy) is 1. The Bertz CT molecular complexity index is 1450. The molecule has 0 aliphatic carbocycles. The molecule has 0 spiro atoms. The number of hydrogen-bond acceptors (Lipinski definition) is 7. The Hall–Kier alpha value is -3.85. The molecule has 0 unspecified atom stereocenters. The van der Waals surface area contributed by atoms with Crippen LogP contribution in [0.15, 0.2) is 64.5 Å². The molecule has 178 valence electrons. The number of anilines is 1. The van der Waals surface area contributed by atoms with Gasteiger partial charge < -0.3 is 19.4 Å². The second-order valence-corrected chi connectivity index (χ2v) is 9.31. The molecule has 2 aromatic heterocycles. The minimum absolute atomic E-state index is 0.0567. The number of carbonyl (C=O) groups excluding carboxylic acids is 1. The lowest BCUT2D eigenvalue weighted by Crippen LogP contribution is -2.45. The summed E-state index contributed by atoms with van der Waals surface area (Å²) in [6.45, 7) is 1.42. The van der Waals surface area contributed by atoms with Gasteiger partial charge in [0.15, 0.2) is 12.2 Å². The summed E-state index contributed by atoms with van der Waals surface area (Å²) in [7, 11) is 0. The first kappa shape index (κ1) is 21.7. The summed E-state index contributed by atoms with van der Waals surface area (Å²) >= 11 is 5.99.